The molecule has 0 saturated heterocycles. The summed E-state index contributed by atoms with van der Waals surface area (Å²) >= 11 is 0. The van der Waals surface area contributed by atoms with Crippen molar-refractivity contribution in [3.8, 4) is 17.2 Å². The number of rotatable bonds is 9. The average molecular weight is 379 g/mol. The Bertz CT molecular complexity index is 781. The van der Waals surface area contributed by atoms with Crippen LogP contribution in [0.1, 0.15) is 16.7 Å². The fraction of sp³-hybridized carbons (Fsp3) is 0.350. The molecule has 7 heteroatoms. The standard InChI is InChI=1S/C20H23F2NO4/c1-13-4-5-14(2)17(10-13)26-12-19(24)23-9-8-15-6-7-16(25-3)18(11-15)27-20(21)22/h4-7,10-11,20H,8-9,12H2,1-3H3,(H,23,24). The molecule has 1 amide bonds. The second-order valence-electron chi connectivity index (χ2n) is 6.02. The lowest BCUT2D eigenvalue weighted by Crippen LogP contribution is -2.30. The Morgan fingerprint density at radius 3 is 2.56 bits per heavy atom. The van der Waals surface area contributed by atoms with Crippen molar-refractivity contribution in [2.45, 2.75) is 26.9 Å². The third-order valence-electron chi connectivity index (χ3n) is 3.88. The summed E-state index contributed by atoms with van der Waals surface area (Å²) in [5.41, 5.74) is 2.75. The first-order valence-corrected chi connectivity index (χ1v) is 8.47. The maximum absolute atomic E-state index is 12.5. The van der Waals surface area contributed by atoms with Gasteiger partial charge in [0.15, 0.2) is 18.1 Å². The van der Waals surface area contributed by atoms with E-state index in [1.165, 1.54) is 13.2 Å². The Morgan fingerprint density at radius 1 is 1.07 bits per heavy atom. The molecule has 0 spiro atoms. The topological polar surface area (TPSA) is 56.8 Å². The number of hydrogen-bond donors (Lipinski definition) is 1. The van der Waals surface area contributed by atoms with E-state index in [1.807, 2.05) is 32.0 Å². The Kier molecular flexibility index (Phi) is 7.40. The molecule has 5 nitrogen and oxygen atoms in total. The third kappa shape index (κ3) is 6.44. The van der Waals surface area contributed by atoms with Crippen molar-refractivity contribution in [3.05, 3.63) is 53.1 Å². The number of amides is 1. The lowest BCUT2D eigenvalue weighted by Gasteiger charge is -2.12. The molecule has 0 aliphatic rings. The number of hydrogen-bond acceptors (Lipinski definition) is 4. The number of aryl methyl sites for hydroxylation is 2. The Labute approximate surface area is 157 Å². The summed E-state index contributed by atoms with van der Waals surface area (Å²) in [5, 5.41) is 2.74. The van der Waals surface area contributed by atoms with Crippen LogP contribution in [-0.4, -0.2) is 32.8 Å². The van der Waals surface area contributed by atoms with Crippen LogP contribution < -0.4 is 19.5 Å². The molecule has 0 radical (unpaired) electrons. The molecule has 2 rings (SSSR count). The number of carbonyl (C=O) groups excluding carboxylic acids is 1. The van der Waals surface area contributed by atoms with Gasteiger partial charge in [-0.2, -0.15) is 8.78 Å². The van der Waals surface area contributed by atoms with Crippen molar-refractivity contribution in [1.29, 1.82) is 0 Å². The van der Waals surface area contributed by atoms with Crippen molar-refractivity contribution in [3.63, 3.8) is 0 Å². The smallest absolute Gasteiger partial charge is 0.387 e. The fourth-order valence-electron chi connectivity index (χ4n) is 2.47. The first-order valence-electron chi connectivity index (χ1n) is 8.47. The summed E-state index contributed by atoms with van der Waals surface area (Å²) in [7, 11) is 1.38. The molecule has 0 unspecified atom stereocenters. The number of carbonyl (C=O) groups is 1. The molecular formula is C20H23F2NO4. The van der Waals surface area contributed by atoms with Gasteiger partial charge in [-0.25, -0.2) is 0 Å². The Balaban J connectivity index is 1.83. The van der Waals surface area contributed by atoms with Gasteiger partial charge in [-0.05, 0) is 55.2 Å². The second-order valence-corrected chi connectivity index (χ2v) is 6.02. The highest BCUT2D eigenvalue weighted by Crippen LogP contribution is 2.29. The molecule has 0 bridgehead atoms. The highest BCUT2D eigenvalue weighted by atomic mass is 19.3. The normalized spacial score (nSPS) is 10.6. The van der Waals surface area contributed by atoms with E-state index in [-0.39, 0.29) is 24.0 Å². The summed E-state index contributed by atoms with van der Waals surface area (Å²) < 4.78 is 39.9. The maximum Gasteiger partial charge on any atom is 0.387 e. The van der Waals surface area contributed by atoms with Gasteiger partial charge in [0.25, 0.3) is 5.91 Å². The lowest BCUT2D eigenvalue weighted by molar-refractivity contribution is -0.123. The van der Waals surface area contributed by atoms with Gasteiger partial charge in [-0.3, -0.25) is 4.79 Å². The Morgan fingerprint density at radius 2 is 1.85 bits per heavy atom. The predicted molar refractivity (Wildman–Crippen MR) is 97.8 cm³/mol. The molecule has 0 atom stereocenters. The van der Waals surface area contributed by atoms with E-state index in [2.05, 4.69) is 10.1 Å². The zero-order valence-corrected chi connectivity index (χ0v) is 15.6. The first kappa shape index (κ1) is 20.5. The van der Waals surface area contributed by atoms with Gasteiger partial charge in [-0.1, -0.05) is 18.2 Å². The van der Waals surface area contributed by atoms with Gasteiger partial charge in [0.1, 0.15) is 5.75 Å². The largest absolute Gasteiger partial charge is 0.493 e. The fourth-order valence-corrected chi connectivity index (χ4v) is 2.47. The minimum absolute atomic E-state index is 0.0328. The SMILES string of the molecule is COc1ccc(CCNC(=O)COc2cc(C)ccc2C)cc1OC(F)F. The van der Waals surface area contributed by atoms with Crippen LogP contribution in [0.3, 0.4) is 0 Å². The van der Waals surface area contributed by atoms with E-state index in [9.17, 15) is 13.6 Å². The van der Waals surface area contributed by atoms with Crippen LogP contribution in [0.4, 0.5) is 8.78 Å². The molecular weight excluding hydrogens is 356 g/mol. The van der Waals surface area contributed by atoms with Crippen LogP contribution in [0.15, 0.2) is 36.4 Å². The van der Waals surface area contributed by atoms with Crippen molar-refractivity contribution in [2.75, 3.05) is 20.3 Å². The zero-order chi connectivity index (χ0) is 19.8. The predicted octanol–water partition coefficient (Wildman–Crippen LogP) is 3.65. The number of alkyl halides is 2. The minimum atomic E-state index is -2.93. The molecule has 0 aliphatic carbocycles. The van der Waals surface area contributed by atoms with E-state index in [0.29, 0.717) is 18.7 Å². The summed E-state index contributed by atoms with van der Waals surface area (Å²) in [5.74, 6) is 0.613. The van der Waals surface area contributed by atoms with Crippen LogP contribution >= 0.6 is 0 Å². The van der Waals surface area contributed by atoms with Crippen LogP contribution in [0, 0.1) is 13.8 Å². The summed E-state index contributed by atoms with van der Waals surface area (Å²) in [6.45, 7) is 1.18. The highest BCUT2D eigenvalue weighted by Gasteiger charge is 2.11. The molecule has 0 fully saturated rings. The third-order valence-corrected chi connectivity index (χ3v) is 3.88. The summed E-state index contributed by atoms with van der Waals surface area (Å²) in [6, 6.07) is 10.6. The zero-order valence-electron chi connectivity index (χ0n) is 15.6. The number of methoxy groups -OCH3 is 1. The molecule has 1 N–H and O–H groups in total. The highest BCUT2D eigenvalue weighted by molar-refractivity contribution is 5.77. The number of benzene rings is 2. The number of halogens is 2. The van der Waals surface area contributed by atoms with Crippen LogP contribution in [0.25, 0.3) is 0 Å². The van der Waals surface area contributed by atoms with Crippen LogP contribution in [-0.2, 0) is 11.2 Å². The van der Waals surface area contributed by atoms with E-state index in [4.69, 9.17) is 9.47 Å². The van der Waals surface area contributed by atoms with Gasteiger partial charge in [0, 0.05) is 6.54 Å². The van der Waals surface area contributed by atoms with E-state index < -0.39 is 6.61 Å². The quantitative estimate of drug-likeness (QED) is 0.723. The van der Waals surface area contributed by atoms with Crippen molar-refractivity contribution < 1.29 is 27.8 Å². The lowest BCUT2D eigenvalue weighted by atomic mass is 10.1. The molecule has 27 heavy (non-hydrogen) atoms. The first-order chi connectivity index (χ1) is 12.9. The molecule has 0 aromatic heterocycles. The van der Waals surface area contributed by atoms with Gasteiger partial charge < -0.3 is 19.5 Å². The van der Waals surface area contributed by atoms with Gasteiger partial charge in [0.05, 0.1) is 7.11 Å². The van der Waals surface area contributed by atoms with Gasteiger partial charge in [0.2, 0.25) is 0 Å². The van der Waals surface area contributed by atoms with Crippen molar-refractivity contribution in [1.82, 2.24) is 5.32 Å². The molecule has 2 aromatic rings. The van der Waals surface area contributed by atoms with Crippen LogP contribution in [0.2, 0.25) is 0 Å². The van der Waals surface area contributed by atoms with Gasteiger partial charge in [-0.15, -0.1) is 0 Å². The van der Waals surface area contributed by atoms with E-state index in [0.717, 1.165) is 16.7 Å². The van der Waals surface area contributed by atoms with E-state index in [1.54, 1.807) is 12.1 Å². The number of ether oxygens (including phenoxy) is 3. The molecule has 0 saturated carbocycles. The monoisotopic (exact) mass is 379 g/mol. The molecule has 2 aromatic carbocycles. The van der Waals surface area contributed by atoms with Crippen molar-refractivity contribution >= 4 is 5.91 Å². The second kappa shape index (κ2) is 9.75. The molecule has 0 heterocycles. The molecule has 0 aliphatic heterocycles. The summed E-state index contributed by atoms with van der Waals surface area (Å²) in [4.78, 5) is 11.9. The van der Waals surface area contributed by atoms with E-state index >= 15 is 0 Å². The average Bonchev–Trinajstić information content (AvgIpc) is 2.62. The number of nitrogens with one attached hydrogen (secondary N) is 1. The van der Waals surface area contributed by atoms with Crippen molar-refractivity contribution in [2.24, 2.45) is 0 Å². The summed E-state index contributed by atoms with van der Waals surface area (Å²) in [6.07, 6.45) is 0.457. The van der Waals surface area contributed by atoms with Gasteiger partial charge >= 0.3 is 6.61 Å². The minimum Gasteiger partial charge on any atom is -0.493 e. The Hall–Kier alpha value is -2.83. The molecule has 146 valence electrons. The van der Waals surface area contributed by atoms with Crippen LogP contribution in [0.5, 0.6) is 17.2 Å². The maximum atomic E-state index is 12.5.